The molecule has 5 heteroatoms. The number of likely N-dealkylation sites (tertiary alicyclic amines) is 1. The summed E-state index contributed by atoms with van der Waals surface area (Å²) in [6.07, 6.45) is 9.23. The Balaban J connectivity index is 2.04. The maximum absolute atomic E-state index is 13.3. The minimum Gasteiger partial charge on any atom is -0.379 e. The number of amides is 1. The smallest absolute Gasteiger partial charge is 0.240 e. The van der Waals surface area contributed by atoms with Gasteiger partial charge in [0.25, 0.3) is 0 Å². The first-order chi connectivity index (χ1) is 13.2. The van der Waals surface area contributed by atoms with Crippen molar-refractivity contribution >= 4 is 17.5 Å². The monoisotopic (exact) mass is 410 g/mol. The van der Waals surface area contributed by atoms with E-state index in [9.17, 15) is 9.90 Å². The second-order valence-corrected chi connectivity index (χ2v) is 9.98. The molecule has 0 aromatic rings. The minimum atomic E-state index is -0.620. The molecule has 0 spiro atoms. The van der Waals surface area contributed by atoms with E-state index in [1.54, 1.807) is 0 Å². The first-order valence-corrected chi connectivity index (χ1v) is 11.3. The van der Waals surface area contributed by atoms with Crippen LogP contribution in [0.25, 0.3) is 0 Å². The number of carbonyl (C=O) groups is 1. The highest BCUT2D eigenvalue weighted by Crippen LogP contribution is 2.42. The van der Waals surface area contributed by atoms with Crippen LogP contribution in [0.3, 0.4) is 0 Å². The van der Waals surface area contributed by atoms with Gasteiger partial charge in [-0.15, -0.1) is 0 Å². The van der Waals surface area contributed by atoms with Gasteiger partial charge in [-0.1, -0.05) is 64.3 Å². The van der Waals surface area contributed by atoms with Crippen molar-refractivity contribution in [2.75, 3.05) is 13.1 Å². The zero-order chi connectivity index (χ0) is 20.9. The molecule has 2 aliphatic rings. The van der Waals surface area contributed by atoms with E-state index in [0.29, 0.717) is 12.3 Å². The van der Waals surface area contributed by atoms with Crippen LogP contribution < -0.4 is 5.32 Å². The highest BCUT2D eigenvalue weighted by molar-refractivity contribution is 6.29. The maximum Gasteiger partial charge on any atom is 0.240 e. The predicted molar refractivity (Wildman–Crippen MR) is 117 cm³/mol. The average molecular weight is 411 g/mol. The Bertz CT molecular complexity index is 597. The number of nitrogens with one attached hydrogen (secondary N) is 1. The number of halogens is 1. The summed E-state index contributed by atoms with van der Waals surface area (Å²) in [5.74, 6) is 0.744. The lowest BCUT2D eigenvalue weighted by Crippen LogP contribution is -2.57. The summed E-state index contributed by atoms with van der Waals surface area (Å²) in [6.45, 7) is 12.3. The third kappa shape index (κ3) is 6.08. The van der Waals surface area contributed by atoms with Gasteiger partial charge in [0.05, 0.1) is 6.04 Å². The molecule has 0 aromatic carbocycles. The first kappa shape index (κ1) is 23.4. The molecule has 2 N–H and O–H groups in total. The topological polar surface area (TPSA) is 52.6 Å². The first-order valence-electron chi connectivity index (χ1n) is 10.9. The standard InChI is InChI=1S/C23H39ClN2O2/c1-6-7-8-20(27)25-21(16(2)3)22(28)26-14-13-19(23(4,5)15-26)17-9-11-18(24)12-10-17/h9,11,16,19-21,25,27H,6-8,10,12-15H2,1-5H3/t19-,20?,21-/m1/s1. The van der Waals surface area contributed by atoms with Gasteiger partial charge in [-0.25, -0.2) is 0 Å². The van der Waals surface area contributed by atoms with Crippen molar-refractivity contribution in [1.82, 2.24) is 10.2 Å². The zero-order valence-corrected chi connectivity index (χ0v) is 19.1. The molecule has 0 bridgehead atoms. The van der Waals surface area contributed by atoms with Crippen molar-refractivity contribution in [2.45, 2.75) is 85.4 Å². The second-order valence-electron chi connectivity index (χ2n) is 9.49. The lowest BCUT2D eigenvalue weighted by atomic mass is 9.68. The normalized spacial score (nSPS) is 24.6. The number of nitrogens with zero attached hydrogens (tertiary/aromatic N) is 1. The SMILES string of the molecule is CCCCC(O)N[C@@H](C(=O)N1CC[C@H](C2=CC=C(Cl)CC2)C(C)(C)C1)C(C)C. The number of aliphatic hydroxyl groups is 1. The number of allylic oxidation sites excluding steroid dienone is 4. The third-order valence-corrected chi connectivity index (χ3v) is 6.57. The fourth-order valence-corrected chi connectivity index (χ4v) is 4.74. The Morgan fingerprint density at radius 2 is 2.07 bits per heavy atom. The molecule has 2 rings (SSSR count). The number of carbonyl (C=O) groups excluding carboxylic acids is 1. The molecule has 1 aliphatic carbocycles. The van der Waals surface area contributed by atoms with Gasteiger partial charge in [-0.3, -0.25) is 10.1 Å². The maximum atomic E-state index is 13.3. The van der Waals surface area contributed by atoms with E-state index < -0.39 is 6.23 Å². The Hall–Kier alpha value is -0.840. The Kier molecular flexibility index (Phi) is 8.60. The van der Waals surface area contributed by atoms with Gasteiger partial charge in [0, 0.05) is 18.1 Å². The molecule has 1 fully saturated rings. The number of rotatable bonds is 8. The number of aliphatic hydroxyl groups excluding tert-OH is 1. The van der Waals surface area contributed by atoms with Crippen LogP contribution in [-0.2, 0) is 4.79 Å². The number of hydrogen-bond acceptors (Lipinski definition) is 3. The van der Waals surface area contributed by atoms with Crippen molar-refractivity contribution in [2.24, 2.45) is 17.3 Å². The van der Waals surface area contributed by atoms with Crippen molar-refractivity contribution in [1.29, 1.82) is 0 Å². The van der Waals surface area contributed by atoms with Gasteiger partial charge in [0.1, 0.15) is 6.23 Å². The molecule has 0 aromatic heterocycles. The van der Waals surface area contributed by atoms with Crippen LogP contribution in [0, 0.1) is 17.3 Å². The molecule has 1 heterocycles. The van der Waals surface area contributed by atoms with E-state index in [-0.39, 0.29) is 23.3 Å². The summed E-state index contributed by atoms with van der Waals surface area (Å²) >= 11 is 6.13. The van der Waals surface area contributed by atoms with Crippen molar-refractivity contribution in [3.05, 3.63) is 22.8 Å². The summed E-state index contributed by atoms with van der Waals surface area (Å²) < 4.78 is 0. The van der Waals surface area contributed by atoms with Crippen molar-refractivity contribution < 1.29 is 9.90 Å². The molecule has 4 nitrogen and oxygen atoms in total. The summed E-state index contributed by atoms with van der Waals surface area (Å²) in [7, 11) is 0. The van der Waals surface area contributed by atoms with E-state index in [0.717, 1.165) is 50.2 Å². The molecule has 0 radical (unpaired) electrons. The van der Waals surface area contributed by atoms with Crippen LogP contribution >= 0.6 is 11.6 Å². The summed E-state index contributed by atoms with van der Waals surface area (Å²) in [4.78, 5) is 15.3. The van der Waals surface area contributed by atoms with Gasteiger partial charge in [0.15, 0.2) is 0 Å². The van der Waals surface area contributed by atoms with Gasteiger partial charge in [-0.2, -0.15) is 0 Å². The molecule has 1 aliphatic heterocycles. The summed E-state index contributed by atoms with van der Waals surface area (Å²) in [5, 5.41) is 14.4. The van der Waals surface area contributed by atoms with Crippen LogP contribution in [0.2, 0.25) is 0 Å². The largest absolute Gasteiger partial charge is 0.379 e. The molecule has 3 atom stereocenters. The van der Waals surface area contributed by atoms with E-state index in [1.807, 2.05) is 24.8 Å². The summed E-state index contributed by atoms with van der Waals surface area (Å²) in [6, 6.07) is -0.338. The molecule has 1 unspecified atom stereocenters. The number of unbranched alkanes of at least 4 members (excludes halogenated alkanes) is 1. The molecule has 0 saturated carbocycles. The van der Waals surface area contributed by atoms with Crippen LogP contribution in [0.5, 0.6) is 0 Å². The Labute approximate surface area is 176 Å². The van der Waals surface area contributed by atoms with Gasteiger partial charge >= 0.3 is 0 Å². The summed E-state index contributed by atoms with van der Waals surface area (Å²) in [5.41, 5.74) is 1.50. The zero-order valence-electron chi connectivity index (χ0n) is 18.3. The van der Waals surface area contributed by atoms with Crippen LogP contribution in [0.4, 0.5) is 0 Å². The highest BCUT2D eigenvalue weighted by Gasteiger charge is 2.41. The molecule has 160 valence electrons. The van der Waals surface area contributed by atoms with E-state index >= 15 is 0 Å². The fourth-order valence-electron chi connectivity index (χ4n) is 4.58. The second kappa shape index (κ2) is 10.3. The molecular weight excluding hydrogens is 372 g/mol. The molecule has 1 saturated heterocycles. The minimum absolute atomic E-state index is 0.0275. The van der Waals surface area contributed by atoms with E-state index in [4.69, 9.17) is 11.6 Å². The van der Waals surface area contributed by atoms with E-state index in [2.05, 4.69) is 32.2 Å². The number of piperidine rings is 1. The van der Waals surface area contributed by atoms with Crippen LogP contribution in [0.1, 0.15) is 73.1 Å². The van der Waals surface area contributed by atoms with E-state index in [1.165, 1.54) is 5.57 Å². The van der Waals surface area contributed by atoms with Crippen molar-refractivity contribution in [3.63, 3.8) is 0 Å². The Morgan fingerprint density at radius 1 is 1.36 bits per heavy atom. The van der Waals surface area contributed by atoms with Crippen molar-refractivity contribution in [3.8, 4) is 0 Å². The molecule has 28 heavy (non-hydrogen) atoms. The van der Waals surface area contributed by atoms with Crippen LogP contribution in [-0.4, -0.2) is 41.3 Å². The molecular formula is C23H39ClN2O2. The lowest BCUT2D eigenvalue weighted by molar-refractivity contribution is -0.140. The highest BCUT2D eigenvalue weighted by atomic mass is 35.5. The average Bonchev–Trinajstić information content (AvgIpc) is 2.63. The quantitative estimate of drug-likeness (QED) is 0.563. The predicted octanol–water partition coefficient (Wildman–Crippen LogP) is 4.83. The molecule has 1 amide bonds. The lowest BCUT2D eigenvalue weighted by Gasteiger charge is -2.47. The van der Waals surface area contributed by atoms with Gasteiger partial charge < -0.3 is 10.0 Å². The van der Waals surface area contributed by atoms with Crippen LogP contribution in [0.15, 0.2) is 22.8 Å². The third-order valence-electron chi connectivity index (χ3n) is 6.26. The number of hydrogen-bond donors (Lipinski definition) is 2. The Morgan fingerprint density at radius 3 is 2.61 bits per heavy atom. The fraction of sp³-hybridized carbons (Fsp3) is 0.783. The van der Waals surface area contributed by atoms with Gasteiger partial charge in [0.2, 0.25) is 5.91 Å². The van der Waals surface area contributed by atoms with Gasteiger partial charge in [-0.05, 0) is 55.4 Å².